The predicted octanol–water partition coefficient (Wildman–Crippen LogP) is 21.8. The third-order valence-corrected chi connectivity index (χ3v) is 16.0. The molecule has 444 valence electrons. The van der Waals surface area contributed by atoms with Crippen molar-refractivity contribution in [1.29, 1.82) is 0 Å². The molecule has 2 unspecified atom stereocenters. The number of carbonyl (C=O) groups excluding carboxylic acids is 2. The van der Waals surface area contributed by atoms with Crippen LogP contribution in [0.1, 0.15) is 380 Å². The van der Waals surface area contributed by atoms with Gasteiger partial charge in [0.1, 0.15) is 0 Å². The summed E-state index contributed by atoms with van der Waals surface area (Å²) < 4.78 is 5.51. The molecule has 0 aromatic carbocycles. The molecule has 0 radical (unpaired) electrons. The molecule has 0 aromatic heterocycles. The molecule has 0 spiro atoms. The minimum absolute atomic E-state index is 0.0204. The van der Waals surface area contributed by atoms with Gasteiger partial charge in [0.2, 0.25) is 5.91 Å². The Hall–Kier alpha value is -1.66. The Kier molecular flexibility index (Phi) is 63.4. The molecule has 2 atom stereocenters. The lowest BCUT2D eigenvalue weighted by Gasteiger charge is -2.20. The molecule has 0 bridgehead atoms. The highest BCUT2D eigenvalue weighted by atomic mass is 16.5. The number of carbonyl (C=O) groups is 2. The molecule has 75 heavy (non-hydrogen) atoms. The Morgan fingerprint density at radius 2 is 0.627 bits per heavy atom. The molecule has 0 aliphatic carbocycles. The number of rotatable bonds is 64. The summed E-state index contributed by atoms with van der Waals surface area (Å²) in [5, 5.41) is 23.1. The summed E-state index contributed by atoms with van der Waals surface area (Å²) in [4.78, 5) is 24.5. The first-order chi connectivity index (χ1) is 37.0. The minimum Gasteiger partial charge on any atom is -0.466 e. The van der Waals surface area contributed by atoms with E-state index in [-0.39, 0.29) is 18.5 Å². The van der Waals surface area contributed by atoms with Crippen molar-refractivity contribution in [2.75, 3.05) is 13.2 Å². The third-order valence-electron chi connectivity index (χ3n) is 16.0. The van der Waals surface area contributed by atoms with E-state index >= 15 is 0 Å². The van der Waals surface area contributed by atoms with Gasteiger partial charge in [-0.2, -0.15) is 0 Å². The van der Waals surface area contributed by atoms with Crippen molar-refractivity contribution in [2.45, 2.75) is 392 Å². The molecule has 3 N–H and O–H groups in total. The second-order valence-corrected chi connectivity index (χ2v) is 23.5. The SMILES string of the molecule is CCCCCCCCCCCC/C=C/C(O)C(CO)NC(=O)CCCCCCCCCCCCCC/C=C\CCCCCCCCCCCCCCOC(=O)CCCCCCCCCCCCCCCCCCCC. The van der Waals surface area contributed by atoms with Gasteiger partial charge in [0.15, 0.2) is 0 Å². The lowest BCUT2D eigenvalue weighted by atomic mass is 10.0. The average Bonchev–Trinajstić information content (AvgIpc) is 3.41. The van der Waals surface area contributed by atoms with Crippen molar-refractivity contribution in [3.63, 3.8) is 0 Å². The highest BCUT2D eigenvalue weighted by molar-refractivity contribution is 5.76. The van der Waals surface area contributed by atoms with Crippen LogP contribution in [0.5, 0.6) is 0 Å². The van der Waals surface area contributed by atoms with E-state index in [9.17, 15) is 19.8 Å². The lowest BCUT2D eigenvalue weighted by Crippen LogP contribution is -2.45. The number of ether oxygens (including phenoxy) is 1. The molecule has 0 aliphatic rings. The van der Waals surface area contributed by atoms with E-state index in [1.54, 1.807) is 6.08 Å². The van der Waals surface area contributed by atoms with Crippen LogP contribution in [0, 0.1) is 0 Å². The quantitative estimate of drug-likeness (QED) is 0.0320. The normalized spacial score (nSPS) is 12.6. The van der Waals surface area contributed by atoms with Crippen LogP contribution in [0.15, 0.2) is 24.3 Å². The van der Waals surface area contributed by atoms with Gasteiger partial charge in [-0.15, -0.1) is 0 Å². The molecule has 0 fully saturated rings. The van der Waals surface area contributed by atoms with E-state index in [0.717, 1.165) is 38.5 Å². The zero-order chi connectivity index (χ0) is 54.3. The molecule has 0 saturated heterocycles. The highest BCUT2D eigenvalue weighted by Gasteiger charge is 2.18. The molecule has 0 heterocycles. The zero-order valence-electron chi connectivity index (χ0n) is 50.8. The standard InChI is InChI=1S/C69H133NO5/c1-3-5-7-9-11-13-15-17-18-19-33-36-39-43-47-51-55-59-63-69(74)75-64-60-56-52-48-44-40-37-34-31-29-27-25-23-21-20-22-24-26-28-30-32-35-38-42-46-50-54-58-62-68(73)70-66(65-71)67(72)61-57-53-49-45-41-16-14-12-10-8-6-4-2/h20-21,57,61,66-67,71-72H,3-19,22-56,58-60,62-65H2,1-2H3,(H,70,73)/b21-20-,61-57+. The number of nitrogens with one attached hydrogen (secondary N) is 1. The van der Waals surface area contributed by atoms with Gasteiger partial charge in [-0.1, -0.05) is 334 Å². The second kappa shape index (κ2) is 64.9. The van der Waals surface area contributed by atoms with Crippen molar-refractivity contribution >= 4 is 11.9 Å². The van der Waals surface area contributed by atoms with Crippen LogP contribution in [0.3, 0.4) is 0 Å². The summed E-state index contributed by atoms with van der Waals surface area (Å²) in [6.07, 6.45) is 81.1. The largest absolute Gasteiger partial charge is 0.466 e. The maximum Gasteiger partial charge on any atom is 0.305 e. The first kappa shape index (κ1) is 73.3. The van der Waals surface area contributed by atoms with Gasteiger partial charge >= 0.3 is 5.97 Å². The Morgan fingerprint density at radius 3 is 0.947 bits per heavy atom. The number of hydrogen-bond acceptors (Lipinski definition) is 5. The summed E-state index contributed by atoms with van der Waals surface area (Å²) in [7, 11) is 0. The fraction of sp³-hybridized carbons (Fsp3) is 0.913. The number of allylic oxidation sites excluding steroid dienone is 3. The number of amides is 1. The van der Waals surface area contributed by atoms with Crippen LogP contribution >= 0.6 is 0 Å². The van der Waals surface area contributed by atoms with Crippen molar-refractivity contribution < 1.29 is 24.5 Å². The molecule has 0 aliphatic heterocycles. The fourth-order valence-corrected chi connectivity index (χ4v) is 10.7. The van der Waals surface area contributed by atoms with Gasteiger partial charge in [0, 0.05) is 12.8 Å². The van der Waals surface area contributed by atoms with Gasteiger partial charge in [0.25, 0.3) is 0 Å². The third kappa shape index (κ3) is 61.4. The van der Waals surface area contributed by atoms with Crippen LogP contribution in [0.2, 0.25) is 0 Å². The molecule has 6 nitrogen and oxygen atoms in total. The second-order valence-electron chi connectivity index (χ2n) is 23.5. The summed E-state index contributed by atoms with van der Waals surface area (Å²) in [5.41, 5.74) is 0. The topological polar surface area (TPSA) is 95.9 Å². The van der Waals surface area contributed by atoms with E-state index < -0.39 is 12.1 Å². The predicted molar refractivity (Wildman–Crippen MR) is 329 cm³/mol. The van der Waals surface area contributed by atoms with E-state index in [4.69, 9.17) is 4.74 Å². The molecule has 0 aromatic rings. The van der Waals surface area contributed by atoms with Gasteiger partial charge in [0.05, 0.1) is 25.4 Å². The Balaban J connectivity index is 3.35. The highest BCUT2D eigenvalue weighted by Crippen LogP contribution is 2.18. The summed E-state index contributed by atoms with van der Waals surface area (Å²) in [6, 6.07) is -0.626. The number of aliphatic hydroxyl groups is 2. The van der Waals surface area contributed by atoms with Crippen LogP contribution in [-0.4, -0.2) is 47.4 Å². The Labute approximate surface area is 469 Å². The van der Waals surface area contributed by atoms with Crippen molar-refractivity contribution in [3.05, 3.63) is 24.3 Å². The van der Waals surface area contributed by atoms with Crippen LogP contribution in [-0.2, 0) is 14.3 Å². The molecule has 0 rings (SSSR count). The first-order valence-corrected chi connectivity index (χ1v) is 34.1. The molecule has 6 heteroatoms. The summed E-state index contributed by atoms with van der Waals surface area (Å²) >= 11 is 0. The number of esters is 1. The van der Waals surface area contributed by atoms with Crippen LogP contribution in [0.25, 0.3) is 0 Å². The zero-order valence-corrected chi connectivity index (χ0v) is 50.8. The smallest absolute Gasteiger partial charge is 0.305 e. The van der Waals surface area contributed by atoms with E-state index in [1.807, 2.05) is 6.08 Å². The summed E-state index contributed by atoms with van der Waals surface area (Å²) in [6.45, 7) is 4.93. The van der Waals surface area contributed by atoms with Gasteiger partial charge in [-0.25, -0.2) is 0 Å². The van der Waals surface area contributed by atoms with Gasteiger partial charge in [-0.05, 0) is 57.8 Å². The monoisotopic (exact) mass is 1060 g/mol. The fourth-order valence-electron chi connectivity index (χ4n) is 10.7. The molecular weight excluding hydrogens is 923 g/mol. The van der Waals surface area contributed by atoms with Gasteiger partial charge < -0.3 is 20.3 Å². The summed E-state index contributed by atoms with van der Waals surface area (Å²) in [5.74, 6) is -0.0468. The van der Waals surface area contributed by atoms with Crippen LogP contribution in [0.4, 0.5) is 0 Å². The molecule has 1 amide bonds. The lowest BCUT2D eigenvalue weighted by molar-refractivity contribution is -0.143. The Morgan fingerprint density at radius 1 is 0.360 bits per heavy atom. The number of aliphatic hydroxyl groups excluding tert-OH is 2. The maximum atomic E-state index is 12.4. The molecule has 0 saturated carbocycles. The first-order valence-electron chi connectivity index (χ1n) is 34.1. The maximum absolute atomic E-state index is 12.4. The average molecular weight is 1060 g/mol. The minimum atomic E-state index is -0.843. The Bertz CT molecular complexity index is 1170. The van der Waals surface area contributed by atoms with E-state index in [2.05, 4.69) is 31.3 Å². The van der Waals surface area contributed by atoms with Crippen LogP contribution < -0.4 is 5.32 Å². The van der Waals surface area contributed by atoms with Crippen molar-refractivity contribution in [2.24, 2.45) is 0 Å². The van der Waals surface area contributed by atoms with Gasteiger partial charge in [-0.3, -0.25) is 9.59 Å². The number of unbranched alkanes of at least 4 members (excludes halogenated alkanes) is 51. The van der Waals surface area contributed by atoms with Crippen molar-refractivity contribution in [1.82, 2.24) is 5.32 Å². The molecular formula is C69H133NO5. The van der Waals surface area contributed by atoms with E-state index in [1.165, 1.54) is 315 Å². The van der Waals surface area contributed by atoms with Crippen molar-refractivity contribution in [3.8, 4) is 0 Å². The van der Waals surface area contributed by atoms with E-state index in [0.29, 0.717) is 19.4 Å². The number of hydrogen-bond donors (Lipinski definition) is 3.